The lowest BCUT2D eigenvalue weighted by Gasteiger charge is -2.33. The van der Waals surface area contributed by atoms with E-state index in [0.717, 1.165) is 15.4 Å². The van der Waals surface area contributed by atoms with Crippen molar-refractivity contribution in [2.45, 2.75) is 71.0 Å². The summed E-state index contributed by atoms with van der Waals surface area (Å²) in [7, 11) is -4.15. The molecule has 2 amide bonds. The number of nitrogens with zero attached hydrogens (tertiary/aromatic N) is 2. The normalized spacial score (nSPS) is 12.9. The average molecular weight is 619 g/mol. The second-order valence-electron chi connectivity index (χ2n) is 10.1. The maximum absolute atomic E-state index is 14.1. The van der Waals surface area contributed by atoms with E-state index in [-0.39, 0.29) is 23.4 Å². The van der Waals surface area contributed by atoms with Crippen molar-refractivity contribution >= 4 is 50.7 Å². The predicted molar refractivity (Wildman–Crippen MR) is 166 cm³/mol. The van der Waals surface area contributed by atoms with Crippen molar-refractivity contribution in [3.05, 3.63) is 93.5 Å². The Morgan fingerprint density at radius 3 is 2.20 bits per heavy atom. The zero-order valence-electron chi connectivity index (χ0n) is 24.0. The molecule has 0 spiro atoms. The van der Waals surface area contributed by atoms with Crippen molar-refractivity contribution < 1.29 is 18.0 Å². The molecule has 3 aromatic carbocycles. The van der Waals surface area contributed by atoms with Gasteiger partial charge in [0.15, 0.2) is 0 Å². The molecule has 1 N–H and O–H groups in total. The number of carbonyl (C=O) groups is 2. The highest BCUT2D eigenvalue weighted by Crippen LogP contribution is 2.29. The second kappa shape index (κ2) is 14.2. The number of hydrogen-bond donors (Lipinski definition) is 1. The molecule has 10 heteroatoms. The van der Waals surface area contributed by atoms with Crippen LogP contribution in [-0.4, -0.2) is 43.8 Å². The van der Waals surface area contributed by atoms with Gasteiger partial charge in [-0.3, -0.25) is 13.9 Å². The number of amides is 2. The van der Waals surface area contributed by atoms with E-state index in [1.807, 2.05) is 39.8 Å². The first-order valence-corrected chi connectivity index (χ1v) is 15.8. The summed E-state index contributed by atoms with van der Waals surface area (Å²) < 4.78 is 29.2. The summed E-state index contributed by atoms with van der Waals surface area (Å²) in [4.78, 5) is 28.7. The predicted octanol–water partition coefficient (Wildman–Crippen LogP) is 6.39. The van der Waals surface area contributed by atoms with Crippen LogP contribution in [-0.2, 0) is 32.6 Å². The molecule has 0 heterocycles. The van der Waals surface area contributed by atoms with Crippen LogP contribution < -0.4 is 9.62 Å². The van der Waals surface area contributed by atoms with Crippen molar-refractivity contribution in [2.24, 2.45) is 0 Å². The molecule has 0 aliphatic carbocycles. The van der Waals surface area contributed by atoms with Gasteiger partial charge in [-0.1, -0.05) is 79.0 Å². The van der Waals surface area contributed by atoms with Gasteiger partial charge in [-0.2, -0.15) is 0 Å². The van der Waals surface area contributed by atoms with Crippen LogP contribution >= 0.6 is 23.2 Å². The summed E-state index contributed by atoms with van der Waals surface area (Å²) >= 11 is 12.5. The highest BCUT2D eigenvalue weighted by molar-refractivity contribution is 7.92. The van der Waals surface area contributed by atoms with Crippen LogP contribution in [0.15, 0.2) is 71.6 Å². The molecule has 0 aliphatic rings. The third-order valence-electron chi connectivity index (χ3n) is 7.05. The molecule has 3 rings (SSSR count). The third kappa shape index (κ3) is 8.03. The molecular weight excluding hydrogens is 581 g/mol. The van der Waals surface area contributed by atoms with E-state index < -0.39 is 28.5 Å². The van der Waals surface area contributed by atoms with Gasteiger partial charge < -0.3 is 10.2 Å². The zero-order chi connectivity index (χ0) is 30.3. The minimum absolute atomic E-state index is 0.0161. The van der Waals surface area contributed by atoms with Crippen LogP contribution in [0.4, 0.5) is 5.69 Å². The summed E-state index contributed by atoms with van der Waals surface area (Å²) in [5.41, 5.74) is 2.66. The monoisotopic (exact) mass is 617 g/mol. The fourth-order valence-electron chi connectivity index (χ4n) is 4.29. The molecular formula is C31H37Cl2N3O4S. The summed E-state index contributed by atoms with van der Waals surface area (Å²) in [5, 5.41) is 3.69. The van der Waals surface area contributed by atoms with Crippen LogP contribution in [0.3, 0.4) is 0 Å². The first kappa shape index (κ1) is 32.4. The van der Waals surface area contributed by atoms with Gasteiger partial charge in [-0.15, -0.1) is 0 Å². The fourth-order valence-corrected chi connectivity index (χ4v) is 6.21. The van der Waals surface area contributed by atoms with Crippen LogP contribution in [0, 0.1) is 6.92 Å². The quantitative estimate of drug-likeness (QED) is 0.255. The third-order valence-corrected chi connectivity index (χ3v) is 9.41. The second-order valence-corrected chi connectivity index (χ2v) is 12.8. The maximum atomic E-state index is 14.1. The van der Waals surface area contributed by atoms with Gasteiger partial charge in [0, 0.05) is 22.6 Å². The molecule has 0 fully saturated rings. The first-order valence-electron chi connectivity index (χ1n) is 13.6. The lowest BCUT2D eigenvalue weighted by molar-refractivity contribution is -0.139. The molecule has 0 unspecified atom stereocenters. The van der Waals surface area contributed by atoms with Gasteiger partial charge in [0.2, 0.25) is 11.8 Å². The van der Waals surface area contributed by atoms with Crippen molar-refractivity contribution in [1.82, 2.24) is 10.2 Å². The summed E-state index contributed by atoms with van der Waals surface area (Å²) in [6.45, 7) is 8.72. The number of hydrogen-bond acceptors (Lipinski definition) is 4. The Balaban J connectivity index is 2.08. The standard InChI is InChI=1S/C31H37Cl2N3O4S/c1-6-22(4)34-31(38)23(5)35(19-25-14-15-26(32)18-28(25)33)30(37)20-36(29-11-9-8-10-24(29)7-2)41(39,40)27-16-12-21(3)13-17-27/h8-18,22-23H,6-7,19-20H2,1-5H3,(H,34,38)/t22-,23-/m1/s1. The van der Waals surface area contributed by atoms with Crippen LogP contribution in [0.1, 0.15) is 50.8 Å². The van der Waals surface area contributed by atoms with E-state index in [0.29, 0.717) is 34.1 Å². The number of sulfonamides is 1. The SMILES string of the molecule is CCc1ccccc1N(CC(=O)N(Cc1ccc(Cl)cc1Cl)[C@H](C)C(=O)N[C@H](C)CC)S(=O)(=O)c1ccc(C)cc1. The van der Waals surface area contributed by atoms with Crippen LogP contribution in [0.5, 0.6) is 0 Å². The van der Waals surface area contributed by atoms with E-state index in [1.165, 1.54) is 17.0 Å². The van der Waals surface area contributed by atoms with E-state index in [2.05, 4.69) is 5.32 Å². The number of rotatable bonds is 12. The Labute approximate surface area is 253 Å². The molecule has 0 saturated carbocycles. The number of aryl methyl sites for hydroxylation is 2. The van der Waals surface area contributed by atoms with Gasteiger partial charge in [-0.05, 0) is 75.1 Å². The highest BCUT2D eigenvalue weighted by Gasteiger charge is 2.33. The number of anilines is 1. The van der Waals surface area contributed by atoms with Crippen LogP contribution in [0.25, 0.3) is 0 Å². The molecule has 0 radical (unpaired) electrons. The number of nitrogens with one attached hydrogen (secondary N) is 1. The van der Waals surface area contributed by atoms with Gasteiger partial charge >= 0.3 is 0 Å². The average Bonchev–Trinajstić information content (AvgIpc) is 2.95. The Hall–Kier alpha value is -3.07. The maximum Gasteiger partial charge on any atom is 0.264 e. The Morgan fingerprint density at radius 2 is 1.59 bits per heavy atom. The molecule has 3 aromatic rings. The summed E-state index contributed by atoms with van der Waals surface area (Å²) in [6, 6.07) is 17.5. The molecule has 41 heavy (non-hydrogen) atoms. The molecule has 220 valence electrons. The number of benzene rings is 3. The molecule has 0 saturated heterocycles. The van der Waals surface area contributed by atoms with Gasteiger partial charge in [0.1, 0.15) is 12.6 Å². The Bertz CT molecular complexity index is 1480. The van der Waals surface area contributed by atoms with Gasteiger partial charge in [0.05, 0.1) is 10.6 Å². The van der Waals surface area contributed by atoms with Crippen molar-refractivity contribution in [3.63, 3.8) is 0 Å². The smallest absolute Gasteiger partial charge is 0.264 e. The van der Waals surface area contributed by atoms with E-state index >= 15 is 0 Å². The molecule has 0 bridgehead atoms. The van der Waals surface area contributed by atoms with Crippen LogP contribution in [0.2, 0.25) is 10.0 Å². The minimum Gasteiger partial charge on any atom is -0.352 e. The Morgan fingerprint density at radius 1 is 0.927 bits per heavy atom. The molecule has 0 aliphatic heterocycles. The summed E-state index contributed by atoms with van der Waals surface area (Å²) in [6.07, 6.45) is 1.27. The number of halogens is 2. The topological polar surface area (TPSA) is 86.8 Å². The lowest BCUT2D eigenvalue weighted by atomic mass is 10.1. The molecule has 7 nitrogen and oxygen atoms in total. The van der Waals surface area contributed by atoms with E-state index in [1.54, 1.807) is 49.4 Å². The first-order chi connectivity index (χ1) is 19.4. The molecule has 0 aromatic heterocycles. The minimum atomic E-state index is -4.15. The largest absolute Gasteiger partial charge is 0.352 e. The highest BCUT2D eigenvalue weighted by atomic mass is 35.5. The van der Waals surface area contributed by atoms with Crippen molar-refractivity contribution in [3.8, 4) is 0 Å². The van der Waals surface area contributed by atoms with Crippen molar-refractivity contribution in [1.29, 1.82) is 0 Å². The lowest BCUT2D eigenvalue weighted by Crippen LogP contribution is -2.52. The number of para-hydroxylation sites is 1. The number of carbonyl (C=O) groups excluding carboxylic acids is 2. The fraction of sp³-hybridized carbons (Fsp3) is 0.355. The summed E-state index contributed by atoms with van der Waals surface area (Å²) in [5.74, 6) is -0.899. The van der Waals surface area contributed by atoms with E-state index in [9.17, 15) is 18.0 Å². The van der Waals surface area contributed by atoms with Gasteiger partial charge in [-0.25, -0.2) is 8.42 Å². The Kier molecular flexibility index (Phi) is 11.2. The zero-order valence-corrected chi connectivity index (χ0v) is 26.4. The van der Waals surface area contributed by atoms with Gasteiger partial charge in [0.25, 0.3) is 10.0 Å². The molecule has 2 atom stereocenters. The van der Waals surface area contributed by atoms with E-state index in [4.69, 9.17) is 23.2 Å². The van der Waals surface area contributed by atoms with Crippen molar-refractivity contribution in [2.75, 3.05) is 10.8 Å².